The smallest absolute Gasteiger partial charge is 0.185 e. The fourth-order valence-electron chi connectivity index (χ4n) is 2.79. The lowest BCUT2D eigenvalue weighted by Crippen LogP contribution is -1.99. The molecule has 2 heterocycles. The van der Waals surface area contributed by atoms with Crippen molar-refractivity contribution in [3.63, 3.8) is 0 Å². The maximum atomic E-state index is 13.2. The summed E-state index contributed by atoms with van der Waals surface area (Å²) in [6.45, 7) is 1.79. The van der Waals surface area contributed by atoms with Crippen molar-refractivity contribution in [1.29, 1.82) is 0 Å². The fraction of sp³-hybridized carbons (Fsp3) is 0.0500. The lowest BCUT2D eigenvalue weighted by Gasteiger charge is -2.03. The molecule has 2 aromatic heterocycles. The highest BCUT2D eigenvalue weighted by Crippen LogP contribution is 2.25. The van der Waals surface area contributed by atoms with Crippen LogP contribution in [0.3, 0.4) is 0 Å². The van der Waals surface area contributed by atoms with Gasteiger partial charge in [-0.2, -0.15) is 5.10 Å². The van der Waals surface area contributed by atoms with Gasteiger partial charge in [-0.05, 0) is 65.9 Å². The number of allylic oxidation sites excluding steroid dienone is 1. The lowest BCUT2D eigenvalue weighted by molar-refractivity contribution is 0.104. The first-order valence-corrected chi connectivity index (χ1v) is 8.97. The molecule has 4 aromatic rings. The summed E-state index contributed by atoms with van der Waals surface area (Å²) >= 11 is 6.44. The maximum Gasteiger partial charge on any atom is 0.185 e. The van der Waals surface area contributed by atoms with Crippen LogP contribution >= 0.6 is 11.6 Å². The van der Waals surface area contributed by atoms with Crippen LogP contribution in [0.5, 0.6) is 0 Å². The van der Waals surface area contributed by atoms with Crippen molar-refractivity contribution in [2.24, 2.45) is 0 Å². The molecule has 0 unspecified atom stereocenters. The van der Waals surface area contributed by atoms with Crippen LogP contribution in [0.2, 0.25) is 5.15 Å². The van der Waals surface area contributed by atoms with Gasteiger partial charge in [0.2, 0.25) is 0 Å². The Balaban J connectivity index is 1.60. The predicted octanol–water partition coefficient (Wildman–Crippen LogP) is 3.85. The number of rotatable bonds is 5. The molecule has 4 rings (SSSR count). The molecular weight excluding hydrogens is 395 g/mol. The third-order valence-electron chi connectivity index (χ3n) is 4.26. The summed E-state index contributed by atoms with van der Waals surface area (Å²) in [5.41, 5.74) is 3.04. The molecule has 0 amide bonds. The van der Waals surface area contributed by atoms with Crippen LogP contribution in [0.4, 0.5) is 4.39 Å². The fourth-order valence-corrected chi connectivity index (χ4v) is 3.13. The number of aromatic nitrogens is 6. The summed E-state index contributed by atoms with van der Waals surface area (Å²) in [5.74, 6) is -0.548. The number of carbonyl (C=O) groups excluding carboxylic acids is 1. The zero-order chi connectivity index (χ0) is 20.4. The highest BCUT2D eigenvalue weighted by molar-refractivity contribution is 6.31. The van der Waals surface area contributed by atoms with E-state index in [9.17, 15) is 9.18 Å². The minimum Gasteiger partial charge on any atom is -0.289 e. The van der Waals surface area contributed by atoms with Crippen molar-refractivity contribution in [2.75, 3.05) is 0 Å². The molecule has 0 aliphatic carbocycles. The zero-order valence-corrected chi connectivity index (χ0v) is 16.0. The van der Waals surface area contributed by atoms with Crippen molar-refractivity contribution in [1.82, 2.24) is 30.0 Å². The molecule has 7 nitrogen and oxygen atoms in total. The molecule has 0 bridgehead atoms. The van der Waals surface area contributed by atoms with Crippen LogP contribution in [0.1, 0.15) is 21.6 Å². The SMILES string of the molecule is Cc1nn(-c2ccc(F)cc2)c(Cl)c1/C=C/C(=O)c1cccc(-n2cnnn2)c1. The molecule has 0 radical (unpaired) electrons. The van der Waals surface area contributed by atoms with E-state index in [4.69, 9.17) is 11.6 Å². The molecule has 0 fully saturated rings. The number of benzene rings is 2. The zero-order valence-electron chi connectivity index (χ0n) is 15.2. The van der Waals surface area contributed by atoms with Crippen LogP contribution in [0.25, 0.3) is 17.5 Å². The van der Waals surface area contributed by atoms with Gasteiger partial charge in [0.1, 0.15) is 17.3 Å². The molecule has 0 atom stereocenters. The van der Waals surface area contributed by atoms with Crippen LogP contribution in [-0.4, -0.2) is 35.8 Å². The predicted molar refractivity (Wildman–Crippen MR) is 106 cm³/mol. The molecule has 0 saturated carbocycles. The lowest BCUT2D eigenvalue weighted by atomic mass is 10.1. The van der Waals surface area contributed by atoms with Crippen molar-refractivity contribution < 1.29 is 9.18 Å². The van der Waals surface area contributed by atoms with Crippen molar-refractivity contribution in [3.05, 3.63) is 88.7 Å². The summed E-state index contributed by atoms with van der Waals surface area (Å²) in [6.07, 6.45) is 4.51. The van der Waals surface area contributed by atoms with E-state index in [1.807, 2.05) is 0 Å². The van der Waals surface area contributed by atoms with Crippen molar-refractivity contribution in [2.45, 2.75) is 6.92 Å². The largest absolute Gasteiger partial charge is 0.289 e. The Kier molecular flexibility index (Phi) is 5.01. The van der Waals surface area contributed by atoms with E-state index in [0.717, 1.165) is 0 Å². The van der Waals surface area contributed by atoms with E-state index in [1.54, 1.807) is 49.4 Å². The first-order chi connectivity index (χ1) is 14.0. The molecule has 9 heteroatoms. The van der Waals surface area contributed by atoms with Crippen molar-refractivity contribution >= 4 is 23.5 Å². The van der Waals surface area contributed by atoms with Gasteiger partial charge in [0.25, 0.3) is 0 Å². The first kappa shape index (κ1) is 18.7. The topological polar surface area (TPSA) is 78.5 Å². The second-order valence-corrected chi connectivity index (χ2v) is 6.54. The number of ketones is 1. The summed E-state index contributed by atoms with van der Waals surface area (Å²) in [4.78, 5) is 12.6. The Labute approximate surface area is 170 Å². The Bertz CT molecular complexity index is 1200. The van der Waals surface area contributed by atoms with Crippen LogP contribution < -0.4 is 0 Å². The number of halogens is 2. The summed E-state index contributed by atoms with van der Waals surface area (Å²) < 4.78 is 16.1. The van der Waals surface area contributed by atoms with E-state index in [-0.39, 0.29) is 11.6 Å². The highest BCUT2D eigenvalue weighted by Gasteiger charge is 2.13. The van der Waals surface area contributed by atoms with Crippen LogP contribution in [0, 0.1) is 12.7 Å². The molecule has 0 saturated heterocycles. The molecule has 2 aromatic carbocycles. The minimum absolute atomic E-state index is 0.204. The van der Waals surface area contributed by atoms with Crippen LogP contribution in [-0.2, 0) is 0 Å². The third-order valence-corrected chi connectivity index (χ3v) is 4.63. The Morgan fingerprint density at radius 1 is 1.14 bits per heavy atom. The Morgan fingerprint density at radius 2 is 1.93 bits per heavy atom. The van der Waals surface area contributed by atoms with Gasteiger partial charge in [-0.15, -0.1) is 5.10 Å². The number of aryl methyl sites for hydroxylation is 1. The average Bonchev–Trinajstić information content (AvgIpc) is 3.36. The second kappa shape index (κ2) is 7.76. The van der Waals surface area contributed by atoms with Crippen LogP contribution in [0.15, 0.2) is 60.9 Å². The molecular formula is C20H14ClFN6O. The standard InChI is InChI=1S/C20H14ClFN6O/c1-13-18(20(21)28(24-13)16-7-5-15(22)6-8-16)9-10-19(29)14-3-2-4-17(11-14)27-12-23-25-26-27/h2-12H,1H3/b10-9+. The Hall–Kier alpha value is -3.65. The summed E-state index contributed by atoms with van der Waals surface area (Å²) in [6, 6.07) is 12.8. The number of hydrogen-bond acceptors (Lipinski definition) is 5. The number of hydrogen-bond donors (Lipinski definition) is 0. The normalized spacial score (nSPS) is 11.3. The molecule has 0 spiro atoms. The van der Waals surface area contributed by atoms with Gasteiger partial charge < -0.3 is 0 Å². The number of tetrazole rings is 1. The average molecular weight is 409 g/mol. The summed E-state index contributed by atoms with van der Waals surface area (Å²) in [7, 11) is 0. The molecule has 144 valence electrons. The van der Waals surface area contributed by atoms with E-state index >= 15 is 0 Å². The summed E-state index contributed by atoms with van der Waals surface area (Å²) in [5, 5.41) is 15.7. The second-order valence-electron chi connectivity index (χ2n) is 6.18. The van der Waals surface area contributed by atoms with Gasteiger partial charge in [-0.3, -0.25) is 4.79 Å². The Morgan fingerprint density at radius 3 is 2.66 bits per heavy atom. The maximum absolute atomic E-state index is 13.2. The van der Waals surface area contributed by atoms with Gasteiger partial charge >= 0.3 is 0 Å². The highest BCUT2D eigenvalue weighted by atomic mass is 35.5. The first-order valence-electron chi connectivity index (χ1n) is 8.60. The van der Waals surface area contributed by atoms with Gasteiger partial charge in [0.05, 0.1) is 17.1 Å². The van der Waals surface area contributed by atoms with E-state index in [2.05, 4.69) is 20.6 Å². The third kappa shape index (κ3) is 3.83. The number of carbonyl (C=O) groups is 1. The minimum atomic E-state index is -0.344. The molecule has 0 aliphatic rings. The van der Waals surface area contributed by atoms with Gasteiger partial charge in [-0.1, -0.05) is 23.7 Å². The van der Waals surface area contributed by atoms with Gasteiger partial charge in [0.15, 0.2) is 5.78 Å². The van der Waals surface area contributed by atoms with E-state index in [1.165, 1.54) is 33.9 Å². The quantitative estimate of drug-likeness (QED) is 0.370. The number of nitrogens with zero attached hydrogens (tertiary/aromatic N) is 6. The van der Waals surface area contributed by atoms with Crippen molar-refractivity contribution in [3.8, 4) is 11.4 Å². The van der Waals surface area contributed by atoms with E-state index < -0.39 is 0 Å². The molecule has 29 heavy (non-hydrogen) atoms. The van der Waals surface area contributed by atoms with Gasteiger partial charge in [0, 0.05) is 11.1 Å². The molecule has 0 N–H and O–H groups in total. The molecule has 0 aliphatic heterocycles. The van der Waals surface area contributed by atoms with Gasteiger partial charge in [-0.25, -0.2) is 13.8 Å². The van der Waals surface area contributed by atoms with E-state index in [0.29, 0.717) is 33.3 Å². The monoisotopic (exact) mass is 408 g/mol.